The van der Waals surface area contributed by atoms with Crippen molar-refractivity contribution in [3.05, 3.63) is 41.6 Å². The first-order valence-corrected chi connectivity index (χ1v) is 10.4. The Labute approximate surface area is 170 Å². The van der Waals surface area contributed by atoms with Crippen LogP contribution in [0.4, 0.5) is 4.39 Å². The molecule has 2 aliphatic heterocycles. The number of nitrogens with zero attached hydrogens (tertiary/aromatic N) is 4. The van der Waals surface area contributed by atoms with Crippen molar-refractivity contribution in [3.8, 4) is 0 Å². The van der Waals surface area contributed by atoms with E-state index in [4.69, 9.17) is 19.0 Å². The zero-order chi connectivity index (χ0) is 20.1. The smallest absolute Gasteiger partial charge is 0.229 e. The fourth-order valence-corrected chi connectivity index (χ4v) is 4.36. The Bertz CT molecular complexity index is 786. The number of aromatic nitrogens is 3. The van der Waals surface area contributed by atoms with Gasteiger partial charge in [-0.05, 0) is 51.3 Å². The molecule has 0 aromatic carbocycles. The molecule has 0 bridgehead atoms. The minimum atomic E-state index is -0.247. The largest absolute Gasteiger partial charge is 0.385 e. The van der Waals surface area contributed by atoms with Gasteiger partial charge in [-0.2, -0.15) is 4.98 Å². The second-order valence-electron chi connectivity index (χ2n) is 8.11. The van der Waals surface area contributed by atoms with Gasteiger partial charge in [0, 0.05) is 56.6 Å². The average Bonchev–Trinajstić information content (AvgIpc) is 3.27. The number of likely N-dealkylation sites (tertiary alicyclic amines) is 1. The zero-order valence-corrected chi connectivity index (χ0v) is 17.0. The van der Waals surface area contributed by atoms with Gasteiger partial charge in [0.2, 0.25) is 5.89 Å². The third kappa shape index (κ3) is 4.65. The summed E-state index contributed by atoms with van der Waals surface area (Å²) in [5.41, 5.74) is 0.529. The molecular weight excluding hydrogens is 375 g/mol. The summed E-state index contributed by atoms with van der Waals surface area (Å²) >= 11 is 0. The van der Waals surface area contributed by atoms with Crippen LogP contribution in [0.2, 0.25) is 0 Å². The van der Waals surface area contributed by atoms with Gasteiger partial charge in [-0.3, -0.25) is 9.88 Å². The van der Waals surface area contributed by atoms with Crippen molar-refractivity contribution < 1.29 is 18.4 Å². The number of piperidine rings is 1. The molecular formula is C21H29FN4O3. The molecule has 0 radical (unpaired) electrons. The third-order valence-corrected chi connectivity index (χ3v) is 6.33. The van der Waals surface area contributed by atoms with Gasteiger partial charge in [-0.25, -0.2) is 4.39 Å². The molecule has 0 atom stereocenters. The van der Waals surface area contributed by atoms with Crippen LogP contribution in [0.15, 0.2) is 23.0 Å². The van der Waals surface area contributed by atoms with E-state index >= 15 is 0 Å². The maximum Gasteiger partial charge on any atom is 0.229 e. The molecule has 0 saturated carbocycles. The van der Waals surface area contributed by atoms with Crippen LogP contribution < -0.4 is 0 Å². The second kappa shape index (κ2) is 9.28. The van der Waals surface area contributed by atoms with Gasteiger partial charge in [0.15, 0.2) is 5.82 Å². The number of halogens is 1. The van der Waals surface area contributed by atoms with E-state index in [0.717, 1.165) is 70.1 Å². The van der Waals surface area contributed by atoms with Crippen LogP contribution in [0.25, 0.3) is 0 Å². The van der Waals surface area contributed by atoms with Crippen LogP contribution in [0.3, 0.4) is 0 Å². The first-order chi connectivity index (χ1) is 14.2. The Kier molecular flexibility index (Phi) is 6.52. The number of rotatable bonds is 7. The summed E-state index contributed by atoms with van der Waals surface area (Å²) in [6.07, 6.45) is 7.43. The van der Waals surface area contributed by atoms with Gasteiger partial charge in [-0.1, -0.05) is 5.16 Å². The molecule has 2 aromatic rings. The molecule has 158 valence electrons. The molecule has 8 heteroatoms. The summed E-state index contributed by atoms with van der Waals surface area (Å²) in [7, 11) is 1.72. The molecule has 7 nitrogen and oxygen atoms in total. The molecule has 4 rings (SSSR count). The molecule has 4 heterocycles. The molecule has 0 unspecified atom stereocenters. The Hall–Kier alpha value is -1.90. The monoisotopic (exact) mass is 404 g/mol. The summed E-state index contributed by atoms with van der Waals surface area (Å²) in [6.45, 7) is 4.45. The average molecular weight is 404 g/mol. The van der Waals surface area contributed by atoms with Crippen LogP contribution in [-0.2, 0) is 21.4 Å². The van der Waals surface area contributed by atoms with E-state index in [0.29, 0.717) is 24.6 Å². The molecule has 2 saturated heterocycles. The fourth-order valence-electron chi connectivity index (χ4n) is 4.36. The summed E-state index contributed by atoms with van der Waals surface area (Å²) in [4.78, 5) is 10.9. The highest BCUT2D eigenvalue weighted by Crippen LogP contribution is 2.38. The molecule has 0 spiro atoms. The normalized spacial score (nSPS) is 20.8. The lowest BCUT2D eigenvalue weighted by Crippen LogP contribution is -2.43. The fraction of sp³-hybridized carbons (Fsp3) is 0.667. The molecule has 2 fully saturated rings. The summed E-state index contributed by atoms with van der Waals surface area (Å²) < 4.78 is 30.5. The predicted octanol–water partition coefficient (Wildman–Crippen LogP) is 3.07. The SMILES string of the molecule is COCCC1(c2noc(C3CCOCC3)n2)CCN(Cc2ccncc2F)CC1. The minimum absolute atomic E-state index is 0.157. The highest BCUT2D eigenvalue weighted by molar-refractivity contribution is 5.14. The van der Waals surface area contributed by atoms with E-state index in [-0.39, 0.29) is 11.2 Å². The predicted molar refractivity (Wildman–Crippen MR) is 104 cm³/mol. The van der Waals surface area contributed by atoms with Gasteiger partial charge in [0.25, 0.3) is 0 Å². The third-order valence-electron chi connectivity index (χ3n) is 6.33. The van der Waals surface area contributed by atoms with Crippen molar-refractivity contribution in [2.45, 2.75) is 50.0 Å². The summed E-state index contributed by atoms with van der Waals surface area (Å²) in [5.74, 6) is 1.58. The number of methoxy groups -OCH3 is 1. The minimum Gasteiger partial charge on any atom is -0.385 e. The summed E-state index contributed by atoms with van der Waals surface area (Å²) in [6, 6.07) is 1.75. The molecule has 0 amide bonds. The number of hydrogen-bond donors (Lipinski definition) is 0. The van der Waals surface area contributed by atoms with Crippen LogP contribution in [0.1, 0.15) is 55.3 Å². The Morgan fingerprint density at radius 1 is 1.28 bits per heavy atom. The van der Waals surface area contributed by atoms with Crippen molar-refractivity contribution in [2.24, 2.45) is 0 Å². The van der Waals surface area contributed by atoms with Gasteiger partial charge >= 0.3 is 0 Å². The van der Waals surface area contributed by atoms with Crippen LogP contribution in [0.5, 0.6) is 0 Å². The van der Waals surface area contributed by atoms with E-state index in [1.807, 2.05) is 0 Å². The lowest BCUT2D eigenvalue weighted by molar-refractivity contribution is 0.0778. The Morgan fingerprint density at radius 2 is 2.07 bits per heavy atom. The first-order valence-electron chi connectivity index (χ1n) is 10.4. The van der Waals surface area contributed by atoms with E-state index < -0.39 is 0 Å². The van der Waals surface area contributed by atoms with Crippen molar-refractivity contribution in [1.82, 2.24) is 20.0 Å². The topological polar surface area (TPSA) is 73.5 Å². The first kappa shape index (κ1) is 20.4. The van der Waals surface area contributed by atoms with Gasteiger partial charge in [-0.15, -0.1) is 0 Å². The molecule has 29 heavy (non-hydrogen) atoms. The highest BCUT2D eigenvalue weighted by atomic mass is 19.1. The Balaban J connectivity index is 1.45. The highest BCUT2D eigenvalue weighted by Gasteiger charge is 2.40. The molecule has 0 aliphatic carbocycles. The van der Waals surface area contributed by atoms with E-state index in [2.05, 4.69) is 15.0 Å². The quantitative estimate of drug-likeness (QED) is 0.702. The standard InChI is InChI=1S/C21H29FN4O3/c1-27-13-7-21(20-24-19(29-25-20)16-3-11-28-12-4-16)5-9-26(10-6-21)15-17-2-8-23-14-18(17)22/h2,8,14,16H,3-7,9-13,15H2,1H3. The molecule has 2 aliphatic rings. The van der Waals surface area contributed by atoms with E-state index in [9.17, 15) is 4.39 Å². The number of ether oxygens (including phenoxy) is 2. The lowest BCUT2D eigenvalue weighted by Gasteiger charge is -2.39. The van der Waals surface area contributed by atoms with Crippen molar-refractivity contribution in [2.75, 3.05) is 40.0 Å². The maximum atomic E-state index is 14.0. The van der Waals surface area contributed by atoms with Crippen molar-refractivity contribution in [3.63, 3.8) is 0 Å². The van der Waals surface area contributed by atoms with Crippen molar-refractivity contribution >= 4 is 0 Å². The van der Waals surface area contributed by atoms with Gasteiger partial charge < -0.3 is 14.0 Å². The molecule has 2 aromatic heterocycles. The van der Waals surface area contributed by atoms with Gasteiger partial charge in [0.05, 0.1) is 6.20 Å². The number of pyridine rings is 1. The number of hydrogen-bond acceptors (Lipinski definition) is 7. The second-order valence-corrected chi connectivity index (χ2v) is 8.11. The Morgan fingerprint density at radius 3 is 2.79 bits per heavy atom. The van der Waals surface area contributed by atoms with E-state index in [1.54, 1.807) is 19.4 Å². The van der Waals surface area contributed by atoms with Gasteiger partial charge in [0.1, 0.15) is 5.82 Å². The maximum absolute atomic E-state index is 14.0. The lowest BCUT2D eigenvalue weighted by atomic mass is 9.75. The summed E-state index contributed by atoms with van der Waals surface area (Å²) in [5, 5.41) is 4.39. The van der Waals surface area contributed by atoms with E-state index in [1.165, 1.54) is 6.20 Å². The van der Waals surface area contributed by atoms with Crippen molar-refractivity contribution in [1.29, 1.82) is 0 Å². The zero-order valence-electron chi connectivity index (χ0n) is 17.0. The van der Waals surface area contributed by atoms with Crippen LogP contribution >= 0.6 is 0 Å². The van der Waals surface area contributed by atoms with Crippen LogP contribution in [0, 0.1) is 5.82 Å². The molecule has 0 N–H and O–H groups in total. The van der Waals surface area contributed by atoms with Crippen LogP contribution in [-0.4, -0.2) is 60.0 Å².